The summed E-state index contributed by atoms with van der Waals surface area (Å²) in [6.07, 6.45) is 13.5. The van der Waals surface area contributed by atoms with E-state index in [0.717, 1.165) is 19.3 Å². The number of esters is 1. The van der Waals surface area contributed by atoms with Crippen LogP contribution < -0.4 is 0 Å². The Morgan fingerprint density at radius 2 is 2.00 bits per heavy atom. The van der Waals surface area contributed by atoms with Gasteiger partial charge in [-0.1, -0.05) is 50.5 Å². The van der Waals surface area contributed by atoms with Crippen molar-refractivity contribution in [3.05, 3.63) is 34.4 Å². The summed E-state index contributed by atoms with van der Waals surface area (Å²) in [5.41, 5.74) is 0. The van der Waals surface area contributed by atoms with Crippen LogP contribution >= 0.6 is 0 Å². The molecule has 1 unspecified atom stereocenters. The number of allylic oxidation sites excluding steroid dienone is 2. The Bertz CT molecular complexity index is 663. The predicted octanol–water partition coefficient (Wildman–Crippen LogP) is 4.57. The van der Waals surface area contributed by atoms with Gasteiger partial charge in [-0.2, -0.15) is 0 Å². The molecule has 9 nitrogen and oxygen atoms in total. The van der Waals surface area contributed by atoms with Crippen LogP contribution in [0.5, 0.6) is 0 Å². The highest BCUT2D eigenvalue weighted by atomic mass is 17.0. The zero-order valence-electron chi connectivity index (χ0n) is 20.3. The Labute approximate surface area is 196 Å². The van der Waals surface area contributed by atoms with Gasteiger partial charge in [0.25, 0.3) is 5.09 Å². The molecule has 5 atom stereocenters. The Morgan fingerprint density at radius 3 is 2.64 bits per heavy atom. The summed E-state index contributed by atoms with van der Waals surface area (Å²) >= 11 is 0. The van der Waals surface area contributed by atoms with Gasteiger partial charge in [-0.05, 0) is 32.6 Å². The number of hydrogen-bond acceptors (Lipinski definition) is 8. The van der Waals surface area contributed by atoms with Crippen LogP contribution in [0.1, 0.15) is 71.6 Å². The van der Waals surface area contributed by atoms with E-state index in [0.29, 0.717) is 25.7 Å². The van der Waals surface area contributed by atoms with Crippen molar-refractivity contribution in [1.82, 2.24) is 0 Å². The normalized spacial score (nSPS) is 22.7. The van der Waals surface area contributed by atoms with Crippen molar-refractivity contribution >= 4 is 11.8 Å². The molecule has 1 saturated carbocycles. The van der Waals surface area contributed by atoms with Crippen molar-refractivity contribution < 1.29 is 33.7 Å². The van der Waals surface area contributed by atoms with Gasteiger partial charge >= 0.3 is 5.97 Å². The summed E-state index contributed by atoms with van der Waals surface area (Å²) in [5, 5.41) is 9.21. The van der Waals surface area contributed by atoms with Crippen molar-refractivity contribution in [2.75, 3.05) is 14.2 Å². The molecule has 9 heteroatoms. The first-order chi connectivity index (χ1) is 15.8. The standard InChI is InChI=1S/C24H39NO8/c1-5-6-9-12-19(30-3)15-16-21-20(22(26)17-23(21)31-4)13-10-7-8-11-14-24(27)32-18(2)33-25(28)29/h7,10,15-16,18-21,23H,5-6,8-9,11-14,17H2,1-4H3/b10-7-,16-15+/t18?,19-,20+,21+,23+/m0/s1. The number of carbonyl (C=O) groups excluding carboxylic acids is 2. The summed E-state index contributed by atoms with van der Waals surface area (Å²) in [5.74, 6) is -0.484. The number of unbranched alkanes of at least 4 members (excludes halogenated alkanes) is 3. The summed E-state index contributed by atoms with van der Waals surface area (Å²) in [6, 6.07) is 0. The molecule has 0 aromatic carbocycles. The lowest BCUT2D eigenvalue weighted by Gasteiger charge is -2.20. The molecule has 188 valence electrons. The van der Waals surface area contributed by atoms with Crippen LogP contribution in [0, 0.1) is 22.0 Å². The maximum atomic E-state index is 12.6. The minimum atomic E-state index is -1.22. The molecule has 0 heterocycles. The van der Waals surface area contributed by atoms with Gasteiger partial charge in [0.05, 0.1) is 12.2 Å². The largest absolute Gasteiger partial charge is 0.435 e. The molecule has 1 aliphatic carbocycles. The van der Waals surface area contributed by atoms with E-state index in [-0.39, 0.29) is 36.2 Å². The number of ether oxygens (including phenoxy) is 3. The van der Waals surface area contributed by atoms with E-state index >= 15 is 0 Å². The molecule has 0 amide bonds. The Morgan fingerprint density at radius 1 is 1.24 bits per heavy atom. The van der Waals surface area contributed by atoms with Crippen LogP contribution in [0.15, 0.2) is 24.3 Å². The molecule has 0 spiro atoms. The van der Waals surface area contributed by atoms with Gasteiger partial charge in [0.15, 0.2) is 0 Å². The highest BCUT2D eigenvalue weighted by Gasteiger charge is 2.40. The quantitative estimate of drug-likeness (QED) is 0.0760. The highest BCUT2D eigenvalue weighted by Crippen LogP contribution is 2.35. The van der Waals surface area contributed by atoms with Gasteiger partial charge in [-0.15, -0.1) is 10.1 Å². The summed E-state index contributed by atoms with van der Waals surface area (Å²) in [4.78, 5) is 38.5. The highest BCUT2D eigenvalue weighted by molar-refractivity contribution is 5.85. The maximum Gasteiger partial charge on any atom is 0.307 e. The molecule has 0 radical (unpaired) electrons. The lowest BCUT2D eigenvalue weighted by Crippen LogP contribution is -2.21. The van der Waals surface area contributed by atoms with Crippen molar-refractivity contribution in [3.63, 3.8) is 0 Å². The van der Waals surface area contributed by atoms with Crippen LogP contribution in [-0.2, 0) is 28.6 Å². The average Bonchev–Trinajstić information content (AvgIpc) is 3.06. The molecule has 33 heavy (non-hydrogen) atoms. The smallest absolute Gasteiger partial charge is 0.307 e. The van der Waals surface area contributed by atoms with E-state index in [9.17, 15) is 19.7 Å². The number of hydrogen-bond donors (Lipinski definition) is 0. The zero-order valence-corrected chi connectivity index (χ0v) is 20.3. The molecule has 1 aliphatic rings. The third-order valence-electron chi connectivity index (χ3n) is 5.80. The predicted molar refractivity (Wildman–Crippen MR) is 123 cm³/mol. The summed E-state index contributed by atoms with van der Waals surface area (Å²) in [6.45, 7) is 3.46. The van der Waals surface area contributed by atoms with Crippen LogP contribution in [0.25, 0.3) is 0 Å². The topological polar surface area (TPSA) is 114 Å². The first-order valence-electron chi connectivity index (χ1n) is 11.7. The minimum Gasteiger partial charge on any atom is -0.435 e. The molecule has 0 bridgehead atoms. The summed E-state index contributed by atoms with van der Waals surface area (Å²) in [7, 11) is 3.35. The lowest BCUT2D eigenvalue weighted by atomic mass is 9.90. The van der Waals surface area contributed by atoms with Gasteiger partial charge in [-0.25, -0.2) is 0 Å². The molecule has 0 aliphatic heterocycles. The number of methoxy groups -OCH3 is 2. The second-order valence-electron chi connectivity index (χ2n) is 8.27. The first kappa shape index (κ1) is 28.8. The Hall–Kier alpha value is -2.26. The van der Waals surface area contributed by atoms with Gasteiger partial charge in [0.1, 0.15) is 5.78 Å². The van der Waals surface area contributed by atoms with Crippen LogP contribution in [-0.4, -0.2) is 49.6 Å². The van der Waals surface area contributed by atoms with E-state index in [1.54, 1.807) is 14.2 Å². The van der Waals surface area contributed by atoms with Crippen LogP contribution in [0.4, 0.5) is 0 Å². The number of nitrogens with zero attached hydrogens (tertiary/aromatic N) is 1. The SMILES string of the molecule is CCCCC[C@@H](/C=C/[C@H]1[C@H](OC)CC(=O)[C@@H]1C/C=C\CCCC(=O)OC(C)O[N+](=O)[O-])OC. The van der Waals surface area contributed by atoms with Crippen molar-refractivity contribution in [2.24, 2.45) is 11.8 Å². The molecular weight excluding hydrogens is 430 g/mol. The third kappa shape index (κ3) is 11.4. The zero-order chi connectivity index (χ0) is 24.6. The van der Waals surface area contributed by atoms with E-state index in [1.165, 1.54) is 13.3 Å². The molecular formula is C24H39NO8. The average molecular weight is 470 g/mol. The van der Waals surface area contributed by atoms with E-state index in [2.05, 4.69) is 23.9 Å². The first-order valence-corrected chi connectivity index (χ1v) is 11.7. The van der Waals surface area contributed by atoms with E-state index in [4.69, 9.17) is 14.2 Å². The third-order valence-corrected chi connectivity index (χ3v) is 5.80. The molecule has 0 aromatic heterocycles. The second-order valence-corrected chi connectivity index (χ2v) is 8.27. The molecule has 0 aromatic rings. The fourth-order valence-electron chi connectivity index (χ4n) is 4.00. The number of ketones is 1. The van der Waals surface area contributed by atoms with Crippen LogP contribution in [0.2, 0.25) is 0 Å². The van der Waals surface area contributed by atoms with Gasteiger partial charge in [0.2, 0.25) is 6.29 Å². The number of Topliss-reactive ketones (excluding diaryl/α,β-unsaturated/α-hetero) is 1. The van der Waals surface area contributed by atoms with Crippen LogP contribution in [0.3, 0.4) is 0 Å². The van der Waals surface area contributed by atoms with E-state index in [1.807, 2.05) is 12.2 Å². The second kappa shape index (κ2) is 16.4. The van der Waals surface area contributed by atoms with E-state index < -0.39 is 17.3 Å². The number of carbonyl (C=O) groups is 2. The summed E-state index contributed by atoms with van der Waals surface area (Å²) < 4.78 is 15.9. The molecule has 0 N–H and O–H groups in total. The molecule has 1 fully saturated rings. The lowest BCUT2D eigenvalue weighted by molar-refractivity contribution is -0.777. The molecule has 0 saturated heterocycles. The van der Waals surface area contributed by atoms with Gasteiger partial charge in [-0.3, -0.25) is 14.4 Å². The minimum absolute atomic E-state index is 0.00837. The van der Waals surface area contributed by atoms with Crippen molar-refractivity contribution in [2.45, 2.75) is 90.1 Å². The number of rotatable bonds is 17. The van der Waals surface area contributed by atoms with Gasteiger partial charge in [0, 0.05) is 38.9 Å². The monoisotopic (exact) mass is 469 g/mol. The van der Waals surface area contributed by atoms with Crippen molar-refractivity contribution in [3.8, 4) is 0 Å². The van der Waals surface area contributed by atoms with Crippen molar-refractivity contribution in [1.29, 1.82) is 0 Å². The fraction of sp³-hybridized carbons (Fsp3) is 0.750. The van der Waals surface area contributed by atoms with Gasteiger partial charge < -0.3 is 14.2 Å². The fourth-order valence-corrected chi connectivity index (χ4v) is 4.00. The Balaban J connectivity index is 2.50. The Kier molecular flexibility index (Phi) is 14.3. The maximum absolute atomic E-state index is 12.6. The molecule has 1 rings (SSSR count).